The summed E-state index contributed by atoms with van der Waals surface area (Å²) < 4.78 is 0. The zero-order valence-electron chi connectivity index (χ0n) is 10.1. The van der Waals surface area contributed by atoms with Crippen molar-refractivity contribution in [2.75, 3.05) is 0 Å². The van der Waals surface area contributed by atoms with Crippen LogP contribution in [0, 0.1) is 0 Å². The molecule has 0 fully saturated rings. The zero-order valence-corrected chi connectivity index (χ0v) is 10.9. The fraction of sp³-hybridized carbons (Fsp3) is 0.385. The monoisotopic (exact) mass is 269 g/mol. The third kappa shape index (κ3) is 4.75. The second-order valence-electron chi connectivity index (χ2n) is 3.97. The summed E-state index contributed by atoms with van der Waals surface area (Å²) in [5, 5.41) is 12.0. The lowest BCUT2D eigenvalue weighted by Crippen LogP contribution is -2.28. The summed E-state index contributed by atoms with van der Waals surface area (Å²) in [5.74, 6) is -1.22. The minimum Gasteiger partial charge on any atom is -0.481 e. The van der Waals surface area contributed by atoms with Crippen LogP contribution in [0.15, 0.2) is 24.3 Å². The molecule has 0 heterocycles. The fourth-order valence-electron chi connectivity index (χ4n) is 1.60. The molecule has 1 atom stereocenters. The topological polar surface area (TPSA) is 66.4 Å². The molecule has 0 aliphatic heterocycles. The lowest BCUT2D eigenvalue weighted by Gasteiger charge is -2.17. The van der Waals surface area contributed by atoms with Gasteiger partial charge in [-0.15, -0.1) is 0 Å². The van der Waals surface area contributed by atoms with Crippen LogP contribution in [-0.4, -0.2) is 17.0 Å². The highest BCUT2D eigenvalue weighted by molar-refractivity contribution is 6.30. The Morgan fingerprint density at radius 3 is 2.39 bits per heavy atom. The number of hydrogen-bond acceptors (Lipinski definition) is 2. The van der Waals surface area contributed by atoms with Gasteiger partial charge >= 0.3 is 5.97 Å². The maximum Gasteiger partial charge on any atom is 0.303 e. The fourth-order valence-corrected chi connectivity index (χ4v) is 1.73. The van der Waals surface area contributed by atoms with Gasteiger partial charge in [-0.3, -0.25) is 9.59 Å². The Bertz CT molecular complexity index is 417. The molecule has 0 spiro atoms. The molecular weight excluding hydrogens is 254 g/mol. The van der Waals surface area contributed by atoms with E-state index in [9.17, 15) is 9.59 Å². The molecule has 1 unspecified atom stereocenters. The Morgan fingerprint density at radius 2 is 1.89 bits per heavy atom. The van der Waals surface area contributed by atoms with Crippen LogP contribution in [0.1, 0.15) is 37.8 Å². The van der Waals surface area contributed by atoms with Gasteiger partial charge in [-0.25, -0.2) is 0 Å². The van der Waals surface area contributed by atoms with Crippen molar-refractivity contribution in [3.05, 3.63) is 34.9 Å². The van der Waals surface area contributed by atoms with Crippen molar-refractivity contribution < 1.29 is 14.7 Å². The van der Waals surface area contributed by atoms with Crippen LogP contribution in [0.3, 0.4) is 0 Å². The third-order valence-electron chi connectivity index (χ3n) is 2.58. The molecule has 0 saturated carbocycles. The van der Waals surface area contributed by atoms with Crippen molar-refractivity contribution in [2.45, 2.75) is 32.2 Å². The average molecular weight is 270 g/mol. The van der Waals surface area contributed by atoms with Gasteiger partial charge in [0.05, 0.1) is 12.5 Å². The number of nitrogens with one attached hydrogen (secondary N) is 1. The van der Waals surface area contributed by atoms with Gasteiger partial charge in [0.1, 0.15) is 0 Å². The van der Waals surface area contributed by atoms with Crippen LogP contribution in [0.2, 0.25) is 5.02 Å². The van der Waals surface area contributed by atoms with E-state index in [0.717, 1.165) is 12.0 Å². The Morgan fingerprint density at radius 1 is 1.28 bits per heavy atom. The molecule has 2 N–H and O–H groups in total. The number of amides is 1. The van der Waals surface area contributed by atoms with E-state index in [1.165, 1.54) is 0 Å². The van der Waals surface area contributed by atoms with Gasteiger partial charge in [0.25, 0.3) is 0 Å². The molecule has 1 amide bonds. The Hall–Kier alpha value is -1.55. The molecular formula is C13H16ClNO3. The lowest BCUT2D eigenvalue weighted by atomic mass is 10.0. The number of rotatable bonds is 6. The Kier molecular flexibility index (Phi) is 5.65. The molecule has 0 aromatic heterocycles. The van der Waals surface area contributed by atoms with Crippen LogP contribution in [-0.2, 0) is 9.59 Å². The van der Waals surface area contributed by atoms with Crippen LogP contribution in [0.25, 0.3) is 0 Å². The second kappa shape index (κ2) is 7.01. The van der Waals surface area contributed by atoms with Crippen molar-refractivity contribution in [3.63, 3.8) is 0 Å². The Balaban J connectivity index is 2.59. The number of carboxylic acids is 1. The second-order valence-corrected chi connectivity index (χ2v) is 4.41. The quantitative estimate of drug-likeness (QED) is 0.834. The molecule has 98 valence electrons. The van der Waals surface area contributed by atoms with E-state index in [0.29, 0.717) is 5.02 Å². The third-order valence-corrected chi connectivity index (χ3v) is 2.83. The summed E-state index contributed by atoms with van der Waals surface area (Å²) in [5.41, 5.74) is 0.963. The predicted octanol–water partition coefficient (Wildman–Crippen LogP) is 2.77. The average Bonchev–Trinajstić information content (AvgIpc) is 2.34. The van der Waals surface area contributed by atoms with E-state index >= 15 is 0 Å². The number of carbonyl (C=O) groups excluding carboxylic acids is 1. The highest BCUT2D eigenvalue weighted by Gasteiger charge is 2.13. The SMILES string of the molecule is CCC(NC(=O)CCC(=O)O)c1ccc(Cl)cc1. The van der Waals surface area contributed by atoms with Crippen LogP contribution < -0.4 is 5.32 Å². The smallest absolute Gasteiger partial charge is 0.303 e. The van der Waals surface area contributed by atoms with E-state index in [4.69, 9.17) is 16.7 Å². The normalized spacial score (nSPS) is 11.9. The van der Waals surface area contributed by atoms with Gasteiger partial charge < -0.3 is 10.4 Å². The number of hydrogen-bond donors (Lipinski definition) is 2. The molecule has 4 nitrogen and oxygen atoms in total. The highest BCUT2D eigenvalue weighted by atomic mass is 35.5. The maximum absolute atomic E-state index is 11.6. The first-order valence-corrected chi connectivity index (χ1v) is 6.17. The van der Waals surface area contributed by atoms with E-state index in [-0.39, 0.29) is 24.8 Å². The molecule has 0 radical (unpaired) electrons. The van der Waals surface area contributed by atoms with E-state index in [1.54, 1.807) is 12.1 Å². The van der Waals surface area contributed by atoms with Crippen molar-refractivity contribution in [2.24, 2.45) is 0 Å². The van der Waals surface area contributed by atoms with Gasteiger partial charge in [0, 0.05) is 11.4 Å². The van der Waals surface area contributed by atoms with Crippen molar-refractivity contribution >= 4 is 23.5 Å². The van der Waals surface area contributed by atoms with Crippen molar-refractivity contribution in [3.8, 4) is 0 Å². The minimum absolute atomic E-state index is 0.000572. The van der Waals surface area contributed by atoms with E-state index in [1.807, 2.05) is 19.1 Å². The van der Waals surface area contributed by atoms with Gasteiger partial charge in [-0.2, -0.15) is 0 Å². The zero-order chi connectivity index (χ0) is 13.5. The van der Waals surface area contributed by atoms with Crippen molar-refractivity contribution in [1.82, 2.24) is 5.32 Å². The first kappa shape index (κ1) is 14.5. The first-order valence-electron chi connectivity index (χ1n) is 5.79. The standard InChI is InChI=1S/C13H16ClNO3/c1-2-11(9-3-5-10(14)6-4-9)15-12(16)7-8-13(17)18/h3-6,11H,2,7-8H2,1H3,(H,15,16)(H,17,18). The number of aliphatic carboxylic acids is 1. The van der Waals surface area contributed by atoms with Gasteiger partial charge in [-0.05, 0) is 24.1 Å². The predicted molar refractivity (Wildman–Crippen MR) is 69.5 cm³/mol. The summed E-state index contributed by atoms with van der Waals surface area (Å²) >= 11 is 5.80. The molecule has 1 rings (SSSR count). The molecule has 0 bridgehead atoms. The van der Waals surface area contributed by atoms with Gasteiger partial charge in [-0.1, -0.05) is 30.7 Å². The summed E-state index contributed by atoms with van der Waals surface area (Å²) in [6.07, 6.45) is 0.586. The van der Waals surface area contributed by atoms with Crippen LogP contribution in [0.5, 0.6) is 0 Å². The number of benzene rings is 1. The summed E-state index contributed by atoms with van der Waals surface area (Å²) in [7, 11) is 0. The molecule has 0 saturated heterocycles. The summed E-state index contributed by atoms with van der Waals surface area (Å²) in [6, 6.07) is 7.14. The molecule has 1 aromatic rings. The minimum atomic E-state index is -0.968. The molecule has 1 aromatic carbocycles. The van der Waals surface area contributed by atoms with Gasteiger partial charge in [0.15, 0.2) is 0 Å². The van der Waals surface area contributed by atoms with Gasteiger partial charge in [0.2, 0.25) is 5.91 Å². The molecule has 5 heteroatoms. The largest absolute Gasteiger partial charge is 0.481 e. The maximum atomic E-state index is 11.6. The van der Waals surface area contributed by atoms with Crippen LogP contribution >= 0.6 is 11.6 Å². The number of carbonyl (C=O) groups is 2. The Labute approximate surface area is 111 Å². The van der Waals surface area contributed by atoms with Crippen molar-refractivity contribution in [1.29, 1.82) is 0 Å². The number of carboxylic acid groups (broad SMARTS) is 1. The first-order chi connectivity index (χ1) is 8.52. The summed E-state index contributed by atoms with van der Waals surface area (Å²) in [4.78, 5) is 21.9. The van der Waals surface area contributed by atoms with Crippen LogP contribution in [0.4, 0.5) is 0 Å². The van der Waals surface area contributed by atoms with E-state index < -0.39 is 5.97 Å². The molecule has 18 heavy (non-hydrogen) atoms. The molecule has 0 aliphatic rings. The molecule has 0 aliphatic carbocycles. The lowest BCUT2D eigenvalue weighted by molar-refractivity contribution is -0.138. The van der Waals surface area contributed by atoms with E-state index in [2.05, 4.69) is 5.32 Å². The number of halogens is 1. The summed E-state index contributed by atoms with van der Waals surface area (Å²) in [6.45, 7) is 1.96. The highest BCUT2D eigenvalue weighted by Crippen LogP contribution is 2.19.